The van der Waals surface area contributed by atoms with Crippen LogP contribution in [0.4, 0.5) is 4.79 Å². The molecule has 1 unspecified atom stereocenters. The Kier molecular flexibility index (Phi) is 3.59. The first kappa shape index (κ1) is 14.3. The summed E-state index contributed by atoms with van der Waals surface area (Å²) in [4.78, 5) is 27.1. The van der Waals surface area contributed by atoms with E-state index in [1.807, 2.05) is 42.5 Å². The normalized spacial score (nSPS) is 21.7. The van der Waals surface area contributed by atoms with E-state index < -0.39 is 5.54 Å². The predicted molar refractivity (Wildman–Crippen MR) is 84.9 cm³/mol. The molecule has 1 atom stereocenters. The number of nitrogens with zero attached hydrogens (tertiary/aromatic N) is 1. The first-order valence-electron chi connectivity index (χ1n) is 6.44. The van der Waals surface area contributed by atoms with Crippen LogP contribution in [0.3, 0.4) is 0 Å². The monoisotopic (exact) mass is 364 g/mol. The van der Waals surface area contributed by atoms with Crippen LogP contribution in [-0.4, -0.2) is 16.8 Å². The van der Waals surface area contributed by atoms with Gasteiger partial charge >= 0.3 is 6.03 Å². The average Bonchev–Trinajstić information content (AvgIpc) is 2.98. The van der Waals surface area contributed by atoms with Crippen molar-refractivity contribution < 1.29 is 9.59 Å². The van der Waals surface area contributed by atoms with Gasteiger partial charge in [0.25, 0.3) is 5.91 Å². The largest absolute Gasteiger partial charge is 0.325 e. The maximum Gasteiger partial charge on any atom is 0.325 e. The molecule has 0 aliphatic carbocycles. The Morgan fingerprint density at radius 1 is 1.19 bits per heavy atom. The summed E-state index contributed by atoms with van der Waals surface area (Å²) in [5.74, 6) is -0.219. The molecule has 21 heavy (non-hydrogen) atoms. The van der Waals surface area contributed by atoms with Gasteiger partial charge in [0, 0.05) is 4.88 Å². The van der Waals surface area contributed by atoms with E-state index in [9.17, 15) is 9.59 Å². The third kappa shape index (κ3) is 2.49. The number of carbonyl (C=O) groups excluding carboxylic acids is 2. The van der Waals surface area contributed by atoms with Crippen molar-refractivity contribution >= 4 is 39.2 Å². The Hall–Kier alpha value is -1.66. The zero-order valence-corrected chi connectivity index (χ0v) is 13.7. The molecule has 1 N–H and O–H groups in total. The van der Waals surface area contributed by atoms with E-state index in [2.05, 4.69) is 21.2 Å². The summed E-state index contributed by atoms with van der Waals surface area (Å²) in [7, 11) is 0. The van der Waals surface area contributed by atoms with E-state index in [-0.39, 0.29) is 11.9 Å². The minimum atomic E-state index is -0.993. The number of carbonyl (C=O) groups is 2. The summed E-state index contributed by atoms with van der Waals surface area (Å²) in [6.07, 6.45) is 0. The number of thiophene rings is 1. The van der Waals surface area contributed by atoms with Gasteiger partial charge in [-0.25, -0.2) is 4.79 Å². The molecule has 108 valence electrons. The summed E-state index contributed by atoms with van der Waals surface area (Å²) in [5, 5.41) is 2.80. The molecule has 0 radical (unpaired) electrons. The number of hydrogen-bond acceptors (Lipinski definition) is 3. The molecule has 0 bridgehead atoms. The molecule has 6 heteroatoms. The highest BCUT2D eigenvalue weighted by Gasteiger charge is 2.48. The fourth-order valence-corrected chi connectivity index (χ4v) is 3.87. The number of halogens is 1. The Labute approximate surface area is 134 Å². The SMILES string of the molecule is CC1(c2ccccc2)NC(=O)N(Cc2ccc(Br)s2)C1=O. The van der Waals surface area contributed by atoms with Crippen molar-refractivity contribution in [2.24, 2.45) is 0 Å². The Morgan fingerprint density at radius 3 is 2.52 bits per heavy atom. The van der Waals surface area contributed by atoms with E-state index in [0.717, 1.165) is 14.2 Å². The molecule has 0 spiro atoms. The van der Waals surface area contributed by atoms with Crippen molar-refractivity contribution in [1.82, 2.24) is 10.2 Å². The molecule has 4 nitrogen and oxygen atoms in total. The second-order valence-corrected chi connectivity index (χ2v) is 7.57. The van der Waals surface area contributed by atoms with Crippen LogP contribution in [-0.2, 0) is 16.9 Å². The number of benzene rings is 1. The Bertz CT molecular complexity index is 701. The summed E-state index contributed by atoms with van der Waals surface area (Å²) in [5.41, 5.74) is -0.203. The van der Waals surface area contributed by atoms with Gasteiger partial charge in [0.05, 0.1) is 10.3 Å². The lowest BCUT2D eigenvalue weighted by molar-refractivity contribution is -0.131. The van der Waals surface area contributed by atoms with Gasteiger partial charge in [-0.15, -0.1) is 11.3 Å². The second kappa shape index (κ2) is 5.27. The van der Waals surface area contributed by atoms with Crippen molar-refractivity contribution in [2.45, 2.75) is 19.0 Å². The van der Waals surface area contributed by atoms with E-state index >= 15 is 0 Å². The van der Waals surface area contributed by atoms with Crippen molar-refractivity contribution in [3.8, 4) is 0 Å². The lowest BCUT2D eigenvalue weighted by Crippen LogP contribution is -2.40. The molecule has 1 aromatic heterocycles. The molecule has 2 heterocycles. The Balaban J connectivity index is 1.88. The first-order valence-corrected chi connectivity index (χ1v) is 8.05. The van der Waals surface area contributed by atoms with Crippen molar-refractivity contribution in [2.75, 3.05) is 0 Å². The van der Waals surface area contributed by atoms with Gasteiger partial charge < -0.3 is 5.32 Å². The van der Waals surface area contributed by atoms with Gasteiger partial charge in [-0.05, 0) is 40.5 Å². The predicted octanol–water partition coefficient (Wildman–Crippen LogP) is 3.48. The van der Waals surface area contributed by atoms with Crippen molar-refractivity contribution in [3.05, 3.63) is 56.7 Å². The maximum atomic E-state index is 12.7. The molecule has 1 aliphatic rings. The fourth-order valence-electron chi connectivity index (χ4n) is 2.40. The summed E-state index contributed by atoms with van der Waals surface area (Å²) >= 11 is 4.90. The summed E-state index contributed by atoms with van der Waals surface area (Å²) < 4.78 is 0.982. The molecule has 2 aromatic rings. The minimum Gasteiger partial charge on any atom is -0.319 e. The fraction of sp³-hybridized carbons (Fsp3) is 0.200. The third-order valence-electron chi connectivity index (χ3n) is 3.57. The van der Waals surface area contributed by atoms with E-state index in [0.29, 0.717) is 6.54 Å². The number of hydrogen-bond donors (Lipinski definition) is 1. The molecule has 1 saturated heterocycles. The van der Waals surface area contributed by atoms with Gasteiger partial charge in [-0.3, -0.25) is 9.69 Å². The van der Waals surface area contributed by atoms with E-state index in [1.54, 1.807) is 6.92 Å². The highest BCUT2D eigenvalue weighted by molar-refractivity contribution is 9.11. The van der Waals surface area contributed by atoms with E-state index in [1.165, 1.54) is 16.2 Å². The highest BCUT2D eigenvalue weighted by atomic mass is 79.9. The van der Waals surface area contributed by atoms with Gasteiger partial charge in [-0.2, -0.15) is 0 Å². The smallest absolute Gasteiger partial charge is 0.319 e. The molecular formula is C15H13BrN2O2S. The lowest BCUT2D eigenvalue weighted by atomic mass is 9.92. The van der Waals surface area contributed by atoms with Crippen LogP contribution in [0.1, 0.15) is 17.4 Å². The van der Waals surface area contributed by atoms with Crippen LogP contribution in [0.2, 0.25) is 0 Å². The van der Waals surface area contributed by atoms with Crippen LogP contribution in [0.5, 0.6) is 0 Å². The maximum absolute atomic E-state index is 12.7. The number of urea groups is 1. The van der Waals surface area contributed by atoms with Crippen LogP contribution < -0.4 is 5.32 Å². The van der Waals surface area contributed by atoms with Gasteiger partial charge in [0.15, 0.2) is 0 Å². The number of imide groups is 1. The first-order chi connectivity index (χ1) is 10.0. The quantitative estimate of drug-likeness (QED) is 0.847. The molecule has 3 rings (SSSR count). The zero-order chi connectivity index (χ0) is 15.0. The van der Waals surface area contributed by atoms with Crippen LogP contribution in [0, 0.1) is 0 Å². The van der Waals surface area contributed by atoms with Crippen LogP contribution >= 0.6 is 27.3 Å². The molecule has 1 fully saturated rings. The summed E-state index contributed by atoms with van der Waals surface area (Å²) in [6, 6.07) is 12.8. The molecular weight excluding hydrogens is 352 g/mol. The van der Waals surface area contributed by atoms with Crippen molar-refractivity contribution in [3.63, 3.8) is 0 Å². The standard InChI is InChI=1S/C15H13BrN2O2S/c1-15(10-5-3-2-4-6-10)13(19)18(14(20)17-15)9-11-7-8-12(16)21-11/h2-8H,9H2,1H3,(H,17,20). The number of nitrogens with one attached hydrogen (secondary N) is 1. The number of amides is 3. The molecule has 0 saturated carbocycles. The van der Waals surface area contributed by atoms with Crippen LogP contribution in [0.15, 0.2) is 46.3 Å². The minimum absolute atomic E-state index is 0.219. The van der Waals surface area contributed by atoms with E-state index in [4.69, 9.17) is 0 Å². The molecule has 1 aromatic carbocycles. The highest BCUT2D eigenvalue weighted by Crippen LogP contribution is 2.31. The Morgan fingerprint density at radius 2 is 1.90 bits per heavy atom. The number of rotatable bonds is 3. The molecule has 3 amide bonds. The average molecular weight is 365 g/mol. The summed E-state index contributed by atoms with van der Waals surface area (Å²) in [6.45, 7) is 2.04. The van der Waals surface area contributed by atoms with Gasteiger partial charge in [0.1, 0.15) is 5.54 Å². The molecule has 1 aliphatic heterocycles. The van der Waals surface area contributed by atoms with Crippen LogP contribution in [0.25, 0.3) is 0 Å². The van der Waals surface area contributed by atoms with Crippen molar-refractivity contribution in [1.29, 1.82) is 0 Å². The third-order valence-corrected chi connectivity index (χ3v) is 5.18. The topological polar surface area (TPSA) is 49.4 Å². The second-order valence-electron chi connectivity index (χ2n) is 5.02. The lowest BCUT2D eigenvalue weighted by Gasteiger charge is -2.22. The zero-order valence-electron chi connectivity index (χ0n) is 11.3. The van der Waals surface area contributed by atoms with Gasteiger partial charge in [-0.1, -0.05) is 30.3 Å². The van der Waals surface area contributed by atoms with Gasteiger partial charge in [0.2, 0.25) is 0 Å².